The molecular weight excluding hydrogens is 324 g/mol. The van der Waals surface area contributed by atoms with Crippen LogP contribution in [-0.2, 0) is 11.2 Å². The number of carbonyl (C=O) groups excluding carboxylic acids is 1. The van der Waals surface area contributed by atoms with E-state index in [0.29, 0.717) is 16.5 Å². The Balaban J connectivity index is 1.69. The summed E-state index contributed by atoms with van der Waals surface area (Å²) < 4.78 is 1.77. The van der Waals surface area contributed by atoms with Crippen LogP contribution in [0.1, 0.15) is 17.0 Å². The second kappa shape index (κ2) is 6.84. The molecule has 0 bridgehead atoms. The van der Waals surface area contributed by atoms with Gasteiger partial charge >= 0.3 is 0 Å². The summed E-state index contributed by atoms with van der Waals surface area (Å²) >= 11 is 6.07. The highest BCUT2D eigenvalue weighted by atomic mass is 35.5. The molecule has 6 heteroatoms. The minimum atomic E-state index is -0.135. The highest BCUT2D eigenvalue weighted by Gasteiger charge is 2.09. The van der Waals surface area contributed by atoms with Gasteiger partial charge in [-0.3, -0.25) is 4.79 Å². The van der Waals surface area contributed by atoms with Crippen molar-refractivity contribution in [2.45, 2.75) is 20.3 Å². The van der Waals surface area contributed by atoms with Crippen LogP contribution in [-0.4, -0.2) is 20.7 Å². The van der Waals surface area contributed by atoms with Crippen molar-refractivity contribution in [1.29, 1.82) is 0 Å². The molecule has 3 rings (SSSR count). The number of pyridine rings is 1. The highest BCUT2D eigenvalue weighted by Crippen LogP contribution is 2.17. The van der Waals surface area contributed by atoms with Gasteiger partial charge in [0.15, 0.2) is 5.82 Å². The Hall–Kier alpha value is -2.66. The number of hydrogen-bond donors (Lipinski definition) is 1. The van der Waals surface area contributed by atoms with Crippen LogP contribution in [0, 0.1) is 13.8 Å². The average Bonchev–Trinajstić information content (AvgIpc) is 2.89. The fraction of sp³-hybridized carbons (Fsp3) is 0.167. The smallest absolute Gasteiger partial charge is 0.228 e. The first-order chi connectivity index (χ1) is 11.5. The van der Waals surface area contributed by atoms with Crippen molar-refractivity contribution in [2.24, 2.45) is 0 Å². The van der Waals surface area contributed by atoms with Crippen molar-refractivity contribution in [3.8, 4) is 5.82 Å². The standard InChI is InChI=1S/C18H17ClN4O/c1-12-9-13(2)23(22-12)17-8-7-15(11-20-17)21-18(24)10-14-5-3-4-6-16(14)19/h3-9,11H,10H2,1-2H3,(H,21,24). The molecule has 0 saturated heterocycles. The molecule has 0 aliphatic rings. The van der Waals surface area contributed by atoms with E-state index >= 15 is 0 Å². The summed E-state index contributed by atoms with van der Waals surface area (Å²) in [6, 6.07) is 12.9. The first-order valence-corrected chi connectivity index (χ1v) is 7.93. The van der Waals surface area contributed by atoms with Gasteiger partial charge in [0.25, 0.3) is 0 Å². The number of amides is 1. The van der Waals surface area contributed by atoms with E-state index in [4.69, 9.17) is 11.6 Å². The van der Waals surface area contributed by atoms with Gasteiger partial charge in [0, 0.05) is 10.7 Å². The molecule has 0 fully saturated rings. The predicted molar refractivity (Wildman–Crippen MR) is 94.6 cm³/mol. The van der Waals surface area contributed by atoms with Crippen molar-refractivity contribution in [3.05, 3.63) is 70.6 Å². The van der Waals surface area contributed by atoms with Gasteiger partial charge in [0.2, 0.25) is 5.91 Å². The lowest BCUT2D eigenvalue weighted by Gasteiger charge is -2.08. The summed E-state index contributed by atoms with van der Waals surface area (Å²) in [6.07, 6.45) is 1.84. The number of nitrogens with zero attached hydrogens (tertiary/aromatic N) is 3. The molecule has 0 unspecified atom stereocenters. The topological polar surface area (TPSA) is 59.8 Å². The van der Waals surface area contributed by atoms with E-state index in [9.17, 15) is 4.79 Å². The predicted octanol–water partition coefficient (Wildman–Crippen LogP) is 3.72. The number of anilines is 1. The van der Waals surface area contributed by atoms with Crippen molar-refractivity contribution in [3.63, 3.8) is 0 Å². The quantitative estimate of drug-likeness (QED) is 0.787. The van der Waals surface area contributed by atoms with E-state index in [1.54, 1.807) is 16.9 Å². The first-order valence-electron chi connectivity index (χ1n) is 7.56. The summed E-state index contributed by atoms with van der Waals surface area (Å²) in [6.45, 7) is 3.91. The minimum Gasteiger partial charge on any atom is -0.324 e. The van der Waals surface area contributed by atoms with E-state index in [1.165, 1.54) is 0 Å². The molecule has 0 aliphatic heterocycles. The molecule has 1 aromatic carbocycles. The Bertz CT molecular complexity index is 871. The van der Waals surface area contributed by atoms with Gasteiger partial charge in [0.05, 0.1) is 24.0 Å². The lowest BCUT2D eigenvalue weighted by molar-refractivity contribution is -0.115. The Labute approximate surface area is 145 Å². The summed E-state index contributed by atoms with van der Waals surface area (Å²) in [4.78, 5) is 16.5. The number of hydrogen-bond acceptors (Lipinski definition) is 3. The maximum atomic E-state index is 12.1. The van der Waals surface area contributed by atoms with Gasteiger partial charge in [-0.1, -0.05) is 29.8 Å². The number of nitrogens with one attached hydrogen (secondary N) is 1. The molecule has 122 valence electrons. The zero-order valence-electron chi connectivity index (χ0n) is 13.5. The zero-order chi connectivity index (χ0) is 17.1. The molecule has 0 saturated carbocycles. The molecule has 0 aliphatic carbocycles. The van der Waals surface area contributed by atoms with Gasteiger partial charge in [0.1, 0.15) is 0 Å². The van der Waals surface area contributed by atoms with Crippen LogP contribution in [0.4, 0.5) is 5.69 Å². The molecule has 1 amide bonds. The van der Waals surface area contributed by atoms with Crippen LogP contribution in [0.25, 0.3) is 5.82 Å². The van der Waals surface area contributed by atoms with Crippen LogP contribution in [0.2, 0.25) is 5.02 Å². The Kier molecular flexibility index (Phi) is 4.62. The lowest BCUT2D eigenvalue weighted by atomic mass is 10.1. The second-order valence-electron chi connectivity index (χ2n) is 5.56. The zero-order valence-corrected chi connectivity index (χ0v) is 14.2. The Morgan fingerprint density at radius 2 is 2.00 bits per heavy atom. The normalized spacial score (nSPS) is 10.6. The summed E-state index contributed by atoms with van der Waals surface area (Å²) in [5, 5.41) is 7.80. The molecular formula is C18H17ClN4O. The molecule has 2 heterocycles. The van der Waals surface area contributed by atoms with Crippen LogP contribution >= 0.6 is 11.6 Å². The number of rotatable bonds is 4. The van der Waals surface area contributed by atoms with Crippen LogP contribution in [0.3, 0.4) is 0 Å². The maximum absolute atomic E-state index is 12.1. The fourth-order valence-corrected chi connectivity index (χ4v) is 2.67. The van der Waals surface area contributed by atoms with Gasteiger partial charge in [-0.05, 0) is 43.7 Å². The average molecular weight is 341 g/mol. The van der Waals surface area contributed by atoms with E-state index in [2.05, 4.69) is 15.4 Å². The second-order valence-corrected chi connectivity index (χ2v) is 5.97. The van der Waals surface area contributed by atoms with Gasteiger partial charge in [-0.25, -0.2) is 9.67 Å². The van der Waals surface area contributed by atoms with Crippen molar-refractivity contribution in [2.75, 3.05) is 5.32 Å². The number of aryl methyl sites for hydroxylation is 2. The summed E-state index contributed by atoms with van der Waals surface area (Å²) in [5.41, 5.74) is 3.38. The third-order valence-electron chi connectivity index (χ3n) is 3.57. The first kappa shape index (κ1) is 16.2. The monoisotopic (exact) mass is 340 g/mol. The summed E-state index contributed by atoms with van der Waals surface area (Å²) in [7, 11) is 0. The minimum absolute atomic E-state index is 0.135. The van der Waals surface area contributed by atoms with Crippen molar-refractivity contribution in [1.82, 2.24) is 14.8 Å². The number of carbonyl (C=O) groups is 1. The molecule has 1 N–H and O–H groups in total. The Morgan fingerprint density at radius 1 is 1.21 bits per heavy atom. The molecule has 0 atom stereocenters. The van der Waals surface area contributed by atoms with E-state index in [-0.39, 0.29) is 12.3 Å². The SMILES string of the molecule is Cc1cc(C)n(-c2ccc(NC(=O)Cc3ccccc3Cl)cn2)n1. The van der Waals surface area contributed by atoms with Gasteiger partial charge in [-0.15, -0.1) is 0 Å². The molecule has 0 spiro atoms. The number of benzene rings is 1. The highest BCUT2D eigenvalue weighted by molar-refractivity contribution is 6.31. The van der Waals surface area contributed by atoms with Crippen LogP contribution in [0.5, 0.6) is 0 Å². The molecule has 5 nitrogen and oxygen atoms in total. The summed E-state index contributed by atoms with van der Waals surface area (Å²) in [5.74, 6) is 0.577. The number of aromatic nitrogens is 3. The van der Waals surface area contributed by atoms with E-state index in [0.717, 1.165) is 17.0 Å². The third-order valence-corrected chi connectivity index (χ3v) is 3.94. The lowest BCUT2D eigenvalue weighted by Crippen LogP contribution is -2.15. The molecule has 24 heavy (non-hydrogen) atoms. The van der Waals surface area contributed by atoms with Gasteiger partial charge in [-0.2, -0.15) is 5.10 Å². The van der Waals surface area contributed by atoms with Crippen molar-refractivity contribution >= 4 is 23.2 Å². The fourth-order valence-electron chi connectivity index (χ4n) is 2.47. The van der Waals surface area contributed by atoms with Crippen molar-refractivity contribution < 1.29 is 4.79 Å². The van der Waals surface area contributed by atoms with Crippen LogP contribution in [0.15, 0.2) is 48.7 Å². The van der Waals surface area contributed by atoms with Crippen LogP contribution < -0.4 is 5.32 Å². The molecule has 0 radical (unpaired) electrons. The van der Waals surface area contributed by atoms with E-state index < -0.39 is 0 Å². The Morgan fingerprint density at radius 3 is 2.62 bits per heavy atom. The van der Waals surface area contributed by atoms with Gasteiger partial charge < -0.3 is 5.32 Å². The molecule has 2 aromatic heterocycles. The largest absolute Gasteiger partial charge is 0.324 e. The maximum Gasteiger partial charge on any atom is 0.228 e. The van der Waals surface area contributed by atoms with E-state index in [1.807, 2.05) is 50.2 Å². The third kappa shape index (κ3) is 3.63. The number of halogens is 1. The molecule has 3 aromatic rings.